The first-order valence-electron chi connectivity index (χ1n) is 7.17. The first kappa shape index (κ1) is 17.8. The van der Waals surface area contributed by atoms with Gasteiger partial charge in [0, 0.05) is 11.5 Å². The number of hydrogen-bond acceptors (Lipinski definition) is 5. The number of thioether (sulfide) groups is 2. The Balaban J connectivity index is 1.80. The van der Waals surface area contributed by atoms with Crippen molar-refractivity contribution in [3.63, 3.8) is 0 Å². The van der Waals surface area contributed by atoms with E-state index in [4.69, 9.17) is 32.7 Å². The van der Waals surface area contributed by atoms with Gasteiger partial charge in [-0.05, 0) is 35.9 Å². The fraction of sp³-hybridized carbons (Fsp3) is 0.235. The van der Waals surface area contributed by atoms with Crippen LogP contribution in [-0.2, 0) is 0 Å². The molecule has 3 rings (SSSR count). The number of hydrogen-bond donors (Lipinski definition) is 0. The highest BCUT2D eigenvalue weighted by molar-refractivity contribution is 8.19. The van der Waals surface area contributed by atoms with Gasteiger partial charge in [0.05, 0.1) is 27.3 Å². The Morgan fingerprint density at radius 1 is 1.04 bits per heavy atom. The van der Waals surface area contributed by atoms with Crippen LogP contribution < -0.4 is 9.47 Å². The van der Waals surface area contributed by atoms with Gasteiger partial charge in [-0.3, -0.25) is 0 Å². The molecular formula is C17H14Cl2O3S2. The fourth-order valence-electron chi connectivity index (χ4n) is 2.25. The minimum Gasteiger partial charge on any atom is -0.493 e. The molecule has 7 heteroatoms. The van der Waals surface area contributed by atoms with Crippen molar-refractivity contribution in [3.05, 3.63) is 57.6 Å². The summed E-state index contributed by atoms with van der Waals surface area (Å²) in [4.78, 5) is 12.3. The molecule has 1 saturated heterocycles. The monoisotopic (exact) mass is 400 g/mol. The molecule has 0 radical (unpaired) electrons. The maximum atomic E-state index is 12.3. The van der Waals surface area contributed by atoms with Crippen LogP contribution in [0.25, 0.3) is 0 Å². The van der Waals surface area contributed by atoms with Gasteiger partial charge in [-0.1, -0.05) is 29.3 Å². The lowest BCUT2D eigenvalue weighted by atomic mass is 10.2. The summed E-state index contributed by atoms with van der Waals surface area (Å²) in [5, 5.41) is 0.699. The molecule has 0 spiro atoms. The van der Waals surface area contributed by atoms with E-state index in [-0.39, 0.29) is 0 Å². The molecule has 126 valence electrons. The van der Waals surface area contributed by atoms with Crippen LogP contribution in [0.2, 0.25) is 10.0 Å². The zero-order chi connectivity index (χ0) is 17.1. The Kier molecular flexibility index (Phi) is 5.87. The number of benzene rings is 2. The molecule has 0 N–H and O–H groups in total. The van der Waals surface area contributed by atoms with Gasteiger partial charge in [-0.25, -0.2) is 4.79 Å². The van der Waals surface area contributed by atoms with Crippen LogP contribution in [0.4, 0.5) is 0 Å². The van der Waals surface area contributed by atoms with E-state index in [1.165, 1.54) is 6.07 Å². The van der Waals surface area contributed by atoms with Crippen LogP contribution in [0.5, 0.6) is 11.5 Å². The lowest BCUT2D eigenvalue weighted by molar-refractivity contribution is 0.0729. The molecule has 0 amide bonds. The molecule has 0 atom stereocenters. The van der Waals surface area contributed by atoms with Crippen LogP contribution in [-0.4, -0.2) is 24.6 Å². The third kappa shape index (κ3) is 3.97. The van der Waals surface area contributed by atoms with E-state index in [9.17, 15) is 4.79 Å². The highest BCUT2D eigenvalue weighted by Gasteiger charge is 2.21. The van der Waals surface area contributed by atoms with Crippen molar-refractivity contribution < 1.29 is 14.3 Å². The average Bonchev–Trinajstić information content (AvgIpc) is 3.12. The number of esters is 1. The molecule has 0 bridgehead atoms. The summed E-state index contributed by atoms with van der Waals surface area (Å²) >= 11 is 15.6. The number of carbonyl (C=O) groups is 1. The Morgan fingerprint density at radius 3 is 2.46 bits per heavy atom. The van der Waals surface area contributed by atoms with Gasteiger partial charge in [0.1, 0.15) is 0 Å². The van der Waals surface area contributed by atoms with E-state index in [0.717, 1.165) is 17.1 Å². The van der Waals surface area contributed by atoms with Crippen LogP contribution in [0.1, 0.15) is 20.5 Å². The Hall–Kier alpha value is -1.01. The molecule has 24 heavy (non-hydrogen) atoms. The summed E-state index contributed by atoms with van der Waals surface area (Å²) < 4.78 is 11.2. The van der Waals surface area contributed by atoms with E-state index in [1.54, 1.807) is 25.3 Å². The van der Waals surface area contributed by atoms with E-state index in [2.05, 4.69) is 0 Å². The summed E-state index contributed by atoms with van der Waals surface area (Å²) in [6, 6.07) is 10.3. The summed E-state index contributed by atoms with van der Waals surface area (Å²) in [5.41, 5.74) is 1.49. The SMILES string of the molecule is COc1cc(C2SCCS2)ccc1OC(=O)c1ccc(Cl)c(Cl)c1. The highest BCUT2D eigenvalue weighted by Crippen LogP contribution is 2.47. The average molecular weight is 401 g/mol. The van der Waals surface area contributed by atoms with Crippen LogP contribution >= 0.6 is 46.7 Å². The van der Waals surface area contributed by atoms with Gasteiger partial charge in [0.15, 0.2) is 11.5 Å². The molecule has 0 aromatic heterocycles. The van der Waals surface area contributed by atoms with Crippen molar-refractivity contribution in [2.24, 2.45) is 0 Å². The van der Waals surface area contributed by atoms with Crippen molar-refractivity contribution in [2.75, 3.05) is 18.6 Å². The maximum absolute atomic E-state index is 12.3. The quantitative estimate of drug-likeness (QED) is 0.485. The van der Waals surface area contributed by atoms with E-state index in [0.29, 0.717) is 31.7 Å². The summed E-state index contributed by atoms with van der Waals surface area (Å²) in [6.07, 6.45) is 0. The second kappa shape index (κ2) is 7.91. The topological polar surface area (TPSA) is 35.5 Å². The number of rotatable bonds is 4. The number of ether oxygens (including phenoxy) is 2. The zero-order valence-corrected chi connectivity index (χ0v) is 15.9. The molecule has 2 aromatic carbocycles. The fourth-order valence-corrected chi connectivity index (χ4v) is 5.38. The van der Waals surface area contributed by atoms with Crippen molar-refractivity contribution in [1.82, 2.24) is 0 Å². The molecule has 0 unspecified atom stereocenters. The first-order valence-corrected chi connectivity index (χ1v) is 10.0. The zero-order valence-electron chi connectivity index (χ0n) is 12.8. The number of halogens is 2. The van der Waals surface area contributed by atoms with Gasteiger partial charge in [0.2, 0.25) is 0 Å². The van der Waals surface area contributed by atoms with Crippen LogP contribution in [0, 0.1) is 0 Å². The third-order valence-corrected chi connectivity index (χ3v) is 7.28. The Morgan fingerprint density at radius 2 is 1.79 bits per heavy atom. The molecule has 1 heterocycles. The van der Waals surface area contributed by atoms with E-state index < -0.39 is 5.97 Å². The summed E-state index contributed by atoms with van der Waals surface area (Å²) in [6.45, 7) is 0. The Bertz CT molecular complexity index is 761. The maximum Gasteiger partial charge on any atom is 0.343 e. The van der Waals surface area contributed by atoms with Gasteiger partial charge in [-0.2, -0.15) is 0 Å². The van der Waals surface area contributed by atoms with Gasteiger partial charge < -0.3 is 9.47 Å². The van der Waals surface area contributed by atoms with Crippen molar-refractivity contribution >= 4 is 52.7 Å². The summed E-state index contributed by atoms with van der Waals surface area (Å²) in [5.74, 6) is 2.70. The normalized spacial score (nSPS) is 14.6. The predicted octanol–water partition coefficient (Wildman–Crippen LogP) is 5.70. The largest absolute Gasteiger partial charge is 0.493 e. The number of carbonyl (C=O) groups excluding carboxylic acids is 1. The van der Waals surface area contributed by atoms with Crippen molar-refractivity contribution in [2.45, 2.75) is 4.58 Å². The van der Waals surface area contributed by atoms with Gasteiger partial charge in [-0.15, -0.1) is 23.5 Å². The number of methoxy groups -OCH3 is 1. The lowest BCUT2D eigenvalue weighted by Gasteiger charge is -2.13. The molecule has 1 fully saturated rings. The second-order valence-corrected chi connectivity index (χ2v) is 8.54. The molecule has 0 aliphatic carbocycles. The minimum atomic E-state index is -0.510. The summed E-state index contributed by atoms with van der Waals surface area (Å²) in [7, 11) is 1.56. The van der Waals surface area contributed by atoms with Gasteiger partial charge >= 0.3 is 5.97 Å². The molecule has 1 aliphatic heterocycles. The highest BCUT2D eigenvalue weighted by atomic mass is 35.5. The van der Waals surface area contributed by atoms with E-state index >= 15 is 0 Å². The Labute approximate surface area is 159 Å². The van der Waals surface area contributed by atoms with Gasteiger partial charge in [0.25, 0.3) is 0 Å². The molecule has 1 aliphatic rings. The second-order valence-electron chi connectivity index (χ2n) is 5.00. The molecule has 2 aromatic rings. The third-order valence-electron chi connectivity index (χ3n) is 3.44. The minimum absolute atomic E-state index is 0.309. The first-order chi connectivity index (χ1) is 11.6. The molecular weight excluding hydrogens is 387 g/mol. The van der Waals surface area contributed by atoms with Crippen LogP contribution in [0.3, 0.4) is 0 Å². The standard InChI is InChI=1S/C17H14Cl2O3S2/c1-21-15-9-11(17-23-6-7-24-17)3-5-14(15)22-16(20)10-2-4-12(18)13(19)8-10/h2-5,8-9,17H,6-7H2,1H3. The lowest BCUT2D eigenvalue weighted by Crippen LogP contribution is -2.09. The van der Waals surface area contributed by atoms with E-state index in [1.807, 2.05) is 35.7 Å². The predicted molar refractivity (Wildman–Crippen MR) is 102 cm³/mol. The molecule has 0 saturated carbocycles. The smallest absolute Gasteiger partial charge is 0.343 e. The molecule has 3 nitrogen and oxygen atoms in total. The van der Waals surface area contributed by atoms with Crippen molar-refractivity contribution in [3.8, 4) is 11.5 Å². The van der Waals surface area contributed by atoms with Crippen molar-refractivity contribution in [1.29, 1.82) is 0 Å². The van der Waals surface area contributed by atoms with Crippen LogP contribution in [0.15, 0.2) is 36.4 Å².